The highest BCUT2D eigenvalue weighted by atomic mass is 19.1. The van der Waals surface area contributed by atoms with E-state index in [1.54, 1.807) is 67.1 Å². The molecule has 5 N–H and O–H groups in total. The van der Waals surface area contributed by atoms with Crippen LogP contribution in [0.25, 0.3) is 62.0 Å². The first-order chi connectivity index (χ1) is 25.1. The van der Waals surface area contributed by atoms with E-state index in [0.29, 0.717) is 74.1 Å². The van der Waals surface area contributed by atoms with Crippen molar-refractivity contribution in [1.29, 1.82) is 0 Å². The van der Waals surface area contributed by atoms with E-state index in [1.807, 2.05) is 0 Å². The van der Waals surface area contributed by atoms with Gasteiger partial charge in [-0.05, 0) is 80.1 Å². The number of H-pyrrole nitrogens is 1. The van der Waals surface area contributed by atoms with Gasteiger partial charge in [-0.1, -0.05) is 10.4 Å². The van der Waals surface area contributed by atoms with Crippen LogP contribution < -0.4 is 11.5 Å². The van der Waals surface area contributed by atoms with Gasteiger partial charge in [0, 0.05) is 22.0 Å². The fourth-order valence-corrected chi connectivity index (χ4v) is 5.94. The minimum Gasteiger partial charge on any atom is -0.463 e. The number of aryl methyl sites for hydroxylation is 2. The molecule has 9 aromatic rings. The molecule has 0 atom stereocenters. The number of aromatic nitrogens is 11. The first kappa shape index (κ1) is 31.7. The van der Waals surface area contributed by atoms with Crippen LogP contribution in [0.5, 0.6) is 0 Å². The molecule has 2 aromatic carbocycles. The smallest absolute Gasteiger partial charge is 0.275 e. The summed E-state index contributed by atoms with van der Waals surface area (Å²) in [5, 5.41) is 28.5. The quantitative estimate of drug-likeness (QED) is 0.147. The zero-order chi connectivity index (χ0) is 36.1. The van der Waals surface area contributed by atoms with Gasteiger partial charge in [-0.2, -0.15) is 14.6 Å². The summed E-state index contributed by atoms with van der Waals surface area (Å²) in [6, 6.07) is 16.8. The summed E-state index contributed by atoms with van der Waals surface area (Å²) in [5.41, 5.74) is 17.3. The van der Waals surface area contributed by atoms with Gasteiger partial charge in [-0.15, -0.1) is 10.2 Å². The molecule has 18 nitrogen and oxygen atoms in total. The highest BCUT2D eigenvalue weighted by Crippen LogP contribution is 2.29. The second-order valence-corrected chi connectivity index (χ2v) is 11.6. The average Bonchev–Trinajstić information content (AvgIpc) is 3.94. The summed E-state index contributed by atoms with van der Waals surface area (Å²) in [7, 11) is 0. The lowest BCUT2D eigenvalue weighted by Crippen LogP contribution is -2.06. The minimum absolute atomic E-state index is 0.0737. The molecule has 7 aromatic heterocycles. The van der Waals surface area contributed by atoms with Crippen LogP contribution in [0.2, 0.25) is 0 Å². The third kappa shape index (κ3) is 5.66. The number of rotatable bonds is 6. The van der Waals surface area contributed by atoms with Crippen LogP contribution in [0.1, 0.15) is 16.7 Å². The Morgan fingerprint density at radius 1 is 0.827 bits per heavy atom. The molecule has 0 spiro atoms. The fourth-order valence-electron chi connectivity index (χ4n) is 5.94. The van der Waals surface area contributed by atoms with Crippen LogP contribution in [0.3, 0.4) is 0 Å². The van der Waals surface area contributed by atoms with Crippen LogP contribution in [-0.2, 0) is 6.54 Å². The average molecular weight is 701 g/mol. The molecule has 7 heterocycles. The van der Waals surface area contributed by atoms with Gasteiger partial charge < -0.3 is 25.3 Å². The summed E-state index contributed by atoms with van der Waals surface area (Å²) in [6.07, 6.45) is 3.07. The van der Waals surface area contributed by atoms with E-state index in [0.717, 1.165) is 11.1 Å². The second-order valence-electron chi connectivity index (χ2n) is 11.6. The maximum absolute atomic E-state index is 13.4. The Balaban J connectivity index is 0.000000149. The maximum atomic E-state index is 13.4. The van der Waals surface area contributed by atoms with Gasteiger partial charge in [0.1, 0.15) is 23.0 Å². The molecule has 0 saturated heterocycles. The van der Waals surface area contributed by atoms with Crippen LogP contribution in [0.15, 0.2) is 82.0 Å². The Kier molecular flexibility index (Phi) is 7.55. The third-order valence-corrected chi connectivity index (χ3v) is 8.07. The van der Waals surface area contributed by atoms with Gasteiger partial charge >= 0.3 is 0 Å². The Bertz CT molecular complexity index is 2750. The SMILES string of the molecule is Cc1cc(Cn2nnc3c(-c4ccco4)nc(N)nc32)cc(C)c1[N+](=O)[O-].Nc1nc(-c2ccco2)c2nnn(-c3cc4cc(F)ccc4[nH]3)c2n1. The molecule has 0 aliphatic heterocycles. The lowest BCUT2D eigenvalue weighted by molar-refractivity contribution is -0.386. The summed E-state index contributed by atoms with van der Waals surface area (Å²) in [6.45, 7) is 3.76. The van der Waals surface area contributed by atoms with Crippen LogP contribution in [0, 0.1) is 29.8 Å². The van der Waals surface area contributed by atoms with E-state index in [-0.39, 0.29) is 28.3 Å². The monoisotopic (exact) mass is 700 g/mol. The maximum Gasteiger partial charge on any atom is 0.275 e. The number of hydrogen-bond donors (Lipinski definition) is 3. The molecular formula is C33H25FN14O4. The number of nitrogens with one attached hydrogen (secondary N) is 1. The Labute approximate surface area is 290 Å². The Hall–Kier alpha value is -7.57. The number of benzene rings is 2. The number of nitro groups is 1. The molecule has 0 amide bonds. The number of furan rings is 2. The molecule has 0 fully saturated rings. The number of nitrogens with two attached hydrogens (primary N) is 2. The molecule has 258 valence electrons. The summed E-state index contributed by atoms with van der Waals surface area (Å²) in [4.78, 5) is 30.9. The van der Waals surface area contributed by atoms with Gasteiger partial charge in [0.15, 0.2) is 33.8 Å². The Morgan fingerprint density at radius 3 is 2.06 bits per heavy atom. The molecule has 19 heteroatoms. The van der Waals surface area contributed by atoms with Crippen molar-refractivity contribution in [2.45, 2.75) is 20.4 Å². The third-order valence-electron chi connectivity index (χ3n) is 8.07. The molecule has 0 aliphatic rings. The first-order valence-electron chi connectivity index (χ1n) is 15.5. The van der Waals surface area contributed by atoms with Crippen molar-refractivity contribution in [2.24, 2.45) is 0 Å². The number of fused-ring (bicyclic) bond motifs is 3. The number of aromatic amines is 1. The van der Waals surface area contributed by atoms with E-state index in [4.69, 9.17) is 20.3 Å². The predicted octanol–water partition coefficient (Wildman–Crippen LogP) is 5.31. The van der Waals surface area contributed by atoms with Crippen molar-refractivity contribution in [3.05, 3.63) is 106 Å². The van der Waals surface area contributed by atoms with E-state index in [1.165, 1.54) is 29.3 Å². The molecule has 0 aliphatic carbocycles. The molecule has 0 radical (unpaired) electrons. The molecular weight excluding hydrogens is 675 g/mol. The highest BCUT2D eigenvalue weighted by molar-refractivity contribution is 5.88. The molecule has 0 saturated carbocycles. The standard InChI is InChI=1S/C17H15N7O3.C16H10FN7O/c1-9-6-11(7-10(2)15(9)24(25)26)8-23-16-14(21-22-23)13(19-17(18)20-16)12-4-3-5-27-12;17-9-3-4-10-8(6-9)7-12(19-10)24-15-14(22-23-24)13(20-16(18)21-15)11-2-1-5-25-11/h3-7H,8H2,1-2H3,(H2,18,19,20);1-7,19H,(H2,18,20,21). The second kappa shape index (κ2) is 12.4. The van der Waals surface area contributed by atoms with Crippen molar-refractivity contribution >= 4 is 50.8 Å². The Morgan fingerprint density at radius 2 is 1.44 bits per heavy atom. The van der Waals surface area contributed by atoms with E-state index in [9.17, 15) is 14.5 Å². The predicted molar refractivity (Wildman–Crippen MR) is 185 cm³/mol. The highest BCUT2D eigenvalue weighted by Gasteiger charge is 2.21. The summed E-state index contributed by atoms with van der Waals surface area (Å²) >= 11 is 0. The van der Waals surface area contributed by atoms with E-state index < -0.39 is 0 Å². The molecule has 52 heavy (non-hydrogen) atoms. The van der Waals surface area contributed by atoms with Crippen molar-refractivity contribution in [2.75, 3.05) is 11.5 Å². The summed E-state index contributed by atoms with van der Waals surface area (Å²) < 4.78 is 27.3. The molecule has 0 bridgehead atoms. The zero-order valence-electron chi connectivity index (χ0n) is 27.2. The molecule has 0 unspecified atom stereocenters. The van der Waals surface area contributed by atoms with Gasteiger partial charge in [0.05, 0.1) is 24.0 Å². The number of nitrogen functional groups attached to an aromatic ring is 2. The topological polar surface area (TPSA) is 250 Å². The minimum atomic E-state index is -0.372. The lowest BCUT2D eigenvalue weighted by atomic mass is 10.0. The number of nitro benzene ring substituents is 1. The van der Waals surface area contributed by atoms with Crippen molar-refractivity contribution in [1.82, 2.24) is 54.9 Å². The van der Waals surface area contributed by atoms with Gasteiger partial charge in [-0.3, -0.25) is 10.1 Å². The van der Waals surface area contributed by atoms with Crippen molar-refractivity contribution in [3.8, 4) is 28.7 Å². The molecule has 9 rings (SSSR count). The van der Waals surface area contributed by atoms with Crippen molar-refractivity contribution in [3.63, 3.8) is 0 Å². The first-order valence-corrected chi connectivity index (χ1v) is 15.5. The van der Waals surface area contributed by atoms with E-state index in [2.05, 4.69) is 45.5 Å². The van der Waals surface area contributed by atoms with Crippen LogP contribution in [-0.4, -0.2) is 59.8 Å². The normalized spacial score (nSPS) is 11.4. The number of nitrogens with zero attached hydrogens (tertiary/aromatic N) is 11. The zero-order valence-corrected chi connectivity index (χ0v) is 27.2. The largest absolute Gasteiger partial charge is 0.463 e. The van der Waals surface area contributed by atoms with Crippen LogP contribution in [0.4, 0.5) is 22.0 Å². The summed E-state index contributed by atoms with van der Waals surface area (Å²) in [5.74, 6) is 1.46. The number of halogens is 1. The van der Waals surface area contributed by atoms with Crippen molar-refractivity contribution < 1.29 is 18.1 Å². The van der Waals surface area contributed by atoms with Gasteiger partial charge in [-0.25, -0.2) is 19.0 Å². The van der Waals surface area contributed by atoms with Gasteiger partial charge in [0.25, 0.3) is 5.69 Å². The van der Waals surface area contributed by atoms with Gasteiger partial charge in [0.2, 0.25) is 11.9 Å². The fraction of sp³-hybridized carbons (Fsp3) is 0.0909. The van der Waals surface area contributed by atoms with E-state index >= 15 is 0 Å². The number of anilines is 2. The van der Waals surface area contributed by atoms with Crippen LogP contribution >= 0.6 is 0 Å². The number of hydrogen-bond acceptors (Lipinski definition) is 14. The lowest BCUT2D eigenvalue weighted by Gasteiger charge is -2.07.